The van der Waals surface area contributed by atoms with Crippen LogP contribution < -0.4 is 10.6 Å². The number of rotatable bonds is 5. The number of alkyl halides is 3. The van der Waals surface area contributed by atoms with Crippen molar-refractivity contribution in [2.45, 2.75) is 6.18 Å². The minimum absolute atomic E-state index is 0.0652. The Labute approximate surface area is 160 Å². The summed E-state index contributed by atoms with van der Waals surface area (Å²) in [5.41, 5.74) is -1.24. The topological polar surface area (TPSA) is 106 Å². The molecule has 2 N–H and O–H groups in total. The van der Waals surface area contributed by atoms with Crippen LogP contribution in [0.15, 0.2) is 49.1 Å². The number of benzene rings is 1. The molecule has 2 aromatic heterocycles. The van der Waals surface area contributed by atoms with Gasteiger partial charge in [-0.05, 0) is 30.3 Å². The number of nitro groups is 1. The standard InChI is InChI=1S/C16H10ClF3N6O2/c17-11-2-1-9(16(18,19)20)7-12(11)25-15-13(26(27)28)14(22-8-23-15)24-10-3-5-21-6-4-10/h1-8H,(H2,21,22,23,24,25). The molecule has 0 unspecified atom stereocenters. The van der Waals surface area contributed by atoms with Crippen molar-refractivity contribution in [3.05, 3.63) is 69.8 Å². The summed E-state index contributed by atoms with van der Waals surface area (Å²) in [6, 6.07) is 5.70. The molecule has 0 bridgehead atoms. The zero-order valence-electron chi connectivity index (χ0n) is 13.7. The average Bonchev–Trinajstić information content (AvgIpc) is 2.63. The van der Waals surface area contributed by atoms with Gasteiger partial charge < -0.3 is 10.6 Å². The minimum atomic E-state index is -4.60. The number of hydrogen-bond donors (Lipinski definition) is 2. The Balaban J connectivity index is 2.01. The van der Waals surface area contributed by atoms with Gasteiger partial charge in [-0.2, -0.15) is 13.2 Å². The van der Waals surface area contributed by atoms with Gasteiger partial charge >= 0.3 is 11.9 Å². The van der Waals surface area contributed by atoms with Gasteiger partial charge in [-0.15, -0.1) is 0 Å². The van der Waals surface area contributed by atoms with E-state index in [9.17, 15) is 23.3 Å². The van der Waals surface area contributed by atoms with Crippen LogP contribution in [0.1, 0.15) is 5.56 Å². The van der Waals surface area contributed by atoms with Gasteiger partial charge in [0.15, 0.2) is 0 Å². The molecule has 28 heavy (non-hydrogen) atoms. The Bertz CT molecular complexity index is 1020. The normalized spacial score (nSPS) is 11.1. The molecular formula is C16H10ClF3N6O2. The number of nitrogens with zero attached hydrogens (tertiary/aromatic N) is 4. The van der Waals surface area contributed by atoms with Crippen LogP contribution in [0, 0.1) is 10.1 Å². The molecule has 0 fully saturated rings. The lowest BCUT2D eigenvalue weighted by Crippen LogP contribution is -2.08. The predicted molar refractivity (Wildman–Crippen MR) is 95.9 cm³/mol. The van der Waals surface area contributed by atoms with Gasteiger partial charge in [-0.1, -0.05) is 11.6 Å². The first-order chi connectivity index (χ1) is 13.3. The van der Waals surface area contributed by atoms with E-state index in [1.165, 1.54) is 12.4 Å². The second-order valence-corrected chi connectivity index (χ2v) is 5.76. The Morgan fingerprint density at radius 3 is 2.29 bits per heavy atom. The number of anilines is 4. The molecule has 12 heteroatoms. The Kier molecular flexibility index (Phi) is 5.27. The first kappa shape index (κ1) is 19.3. The maximum absolute atomic E-state index is 12.9. The molecular weight excluding hydrogens is 401 g/mol. The third-order valence-electron chi connectivity index (χ3n) is 3.49. The van der Waals surface area contributed by atoms with Crippen LogP contribution in [0.25, 0.3) is 0 Å². The summed E-state index contributed by atoms with van der Waals surface area (Å²) in [7, 11) is 0. The van der Waals surface area contributed by atoms with E-state index >= 15 is 0 Å². The molecule has 0 aliphatic heterocycles. The van der Waals surface area contributed by atoms with Crippen LogP contribution in [0.4, 0.5) is 41.9 Å². The molecule has 0 radical (unpaired) electrons. The molecule has 1 aromatic carbocycles. The molecule has 3 rings (SSSR count). The highest BCUT2D eigenvalue weighted by Gasteiger charge is 2.31. The number of nitrogens with one attached hydrogen (secondary N) is 2. The van der Waals surface area contributed by atoms with E-state index in [2.05, 4.69) is 25.6 Å². The van der Waals surface area contributed by atoms with Gasteiger partial charge in [0, 0.05) is 18.1 Å². The van der Waals surface area contributed by atoms with Crippen molar-refractivity contribution in [1.29, 1.82) is 0 Å². The monoisotopic (exact) mass is 410 g/mol. The molecule has 0 spiro atoms. The molecule has 0 aliphatic rings. The van der Waals surface area contributed by atoms with Gasteiger partial charge in [0.05, 0.1) is 21.2 Å². The number of aromatic nitrogens is 3. The molecule has 0 saturated carbocycles. The zero-order chi connectivity index (χ0) is 20.3. The first-order valence-electron chi connectivity index (χ1n) is 7.56. The molecule has 144 valence electrons. The number of halogens is 4. The van der Waals surface area contributed by atoms with E-state index in [0.717, 1.165) is 24.5 Å². The molecule has 0 saturated heterocycles. The third-order valence-corrected chi connectivity index (χ3v) is 3.82. The van der Waals surface area contributed by atoms with Gasteiger partial charge in [0.1, 0.15) is 6.33 Å². The number of pyridine rings is 1. The van der Waals surface area contributed by atoms with E-state index < -0.39 is 22.4 Å². The van der Waals surface area contributed by atoms with E-state index in [4.69, 9.17) is 11.6 Å². The summed E-state index contributed by atoms with van der Waals surface area (Å²) in [5.74, 6) is -0.477. The Morgan fingerprint density at radius 2 is 1.68 bits per heavy atom. The highest BCUT2D eigenvalue weighted by Crippen LogP contribution is 2.37. The summed E-state index contributed by atoms with van der Waals surface area (Å²) >= 11 is 5.93. The summed E-state index contributed by atoms with van der Waals surface area (Å²) in [6.45, 7) is 0. The molecule has 0 atom stereocenters. The van der Waals surface area contributed by atoms with Crippen molar-refractivity contribution in [1.82, 2.24) is 15.0 Å². The van der Waals surface area contributed by atoms with Crippen LogP contribution in [-0.2, 0) is 6.18 Å². The van der Waals surface area contributed by atoms with Crippen LogP contribution in [0.5, 0.6) is 0 Å². The smallest absolute Gasteiger partial charge is 0.334 e. The van der Waals surface area contributed by atoms with E-state index in [0.29, 0.717) is 5.69 Å². The SMILES string of the molecule is O=[N+]([O-])c1c(Nc2ccncc2)ncnc1Nc1cc(C(F)(F)F)ccc1Cl. The molecule has 8 nitrogen and oxygen atoms in total. The van der Waals surface area contributed by atoms with Crippen LogP contribution in [-0.4, -0.2) is 19.9 Å². The van der Waals surface area contributed by atoms with Gasteiger partial charge in [0.2, 0.25) is 11.6 Å². The lowest BCUT2D eigenvalue weighted by Gasteiger charge is -2.13. The second-order valence-electron chi connectivity index (χ2n) is 5.35. The van der Waals surface area contributed by atoms with E-state index in [1.807, 2.05) is 0 Å². The summed E-state index contributed by atoms with van der Waals surface area (Å²) in [6.07, 6.45) is -0.638. The van der Waals surface area contributed by atoms with E-state index in [-0.39, 0.29) is 22.3 Å². The quantitative estimate of drug-likeness (QED) is 0.453. The highest BCUT2D eigenvalue weighted by atomic mass is 35.5. The largest absolute Gasteiger partial charge is 0.416 e. The Morgan fingerprint density at radius 1 is 1.04 bits per heavy atom. The van der Waals surface area contributed by atoms with Crippen molar-refractivity contribution < 1.29 is 18.1 Å². The summed E-state index contributed by atoms with van der Waals surface area (Å²) in [5, 5.41) is 16.7. The van der Waals surface area contributed by atoms with Crippen molar-refractivity contribution in [2.24, 2.45) is 0 Å². The maximum atomic E-state index is 12.9. The average molecular weight is 411 g/mol. The van der Waals surface area contributed by atoms with Crippen molar-refractivity contribution in [3.63, 3.8) is 0 Å². The van der Waals surface area contributed by atoms with Crippen molar-refractivity contribution in [3.8, 4) is 0 Å². The lowest BCUT2D eigenvalue weighted by molar-refractivity contribution is -0.383. The number of hydrogen-bond acceptors (Lipinski definition) is 7. The summed E-state index contributed by atoms with van der Waals surface area (Å²) in [4.78, 5) is 22.2. The highest BCUT2D eigenvalue weighted by molar-refractivity contribution is 6.33. The Hall–Kier alpha value is -3.47. The van der Waals surface area contributed by atoms with Crippen molar-refractivity contribution >= 4 is 40.3 Å². The van der Waals surface area contributed by atoms with Crippen LogP contribution in [0.3, 0.4) is 0 Å². The second kappa shape index (κ2) is 7.64. The minimum Gasteiger partial charge on any atom is -0.334 e. The predicted octanol–water partition coefficient (Wildman–Crippen LogP) is 4.94. The first-order valence-corrected chi connectivity index (χ1v) is 7.93. The fraction of sp³-hybridized carbons (Fsp3) is 0.0625. The molecule has 0 amide bonds. The maximum Gasteiger partial charge on any atom is 0.416 e. The van der Waals surface area contributed by atoms with Gasteiger partial charge in [-0.3, -0.25) is 15.1 Å². The third kappa shape index (κ3) is 4.26. The molecule has 0 aliphatic carbocycles. The fourth-order valence-corrected chi connectivity index (χ4v) is 2.40. The van der Waals surface area contributed by atoms with Gasteiger partial charge in [0.25, 0.3) is 0 Å². The fourth-order valence-electron chi connectivity index (χ4n) is 2.23. The zero-order valence-corrected chi connectivity index (χ0v) is 14.5. The summed E-state index contributed by atoms with van der Waals surface area (Å²) < 4.78 is 38.8. The van der Waals surface area contributed by atoms with Crippen LogP contribution in [0.2, 0.25) is 5.02 Å². The van der Waals surface area contributed by atoms with Gasteiger partial charge in [-0.25, -0.2) is 9.97 Å². The van der Waals surface area contributed by atoms with Crippen LogP contribution >= 0.6 is 11.6 Å². The van der Waals surface area contributed by atoms with Crippen molar-refractivity contribution in [2.75, 3.05) is 10.6 Å². The lowest BCUT2D eigenvalue weighted by atomic mass is 10.2. The molecule has 3 aromatic rings. The molecule has 2 heterocycles. The van der Waals surface area contributed by atoms with E-state index in [1.54, 1.807) is 12.1 Å².